The van der Waals surface area contributed by atoms with Gasteiger partial charge in [0.15, 0.2) is 4.80 Å². The molecule has 0 fully saturated rings. The molecule has 0 spiro atoms. The maximum absolute atomic E-state index is 14.5. The van der Waals surface area contributed by atoms with Crippen LogP contribution in [0.3, 0.4) is 0 Å². The first-order valence-electron chi connectivity index (χ1n) is 15.1. The summed E-state index contributed by atoms with van der Waals surface area (Å²) in [6, 6.07) is 20.3. The van der Waals surface area contributed by atoms with Gasteiger partial charge in [-0.05, 0) is 62.2 Å². The van der Waals surface area contributed by atoms with Crippen molar-refractivity contribution in [3.63, 3.8) is 0 Å². The molecule has 0 amide bonds. The number of thiazole rings is 1. The molecule has 46 heavy (non-hydrogen) atoms. The van der Waals surface area contributed by atoms with Crippen molar-refractivity contribution in [2.24, 2.45) is 4.99 Å². The summed E-state index contributed by atoms with van der Waals surface area (Å²) in [5, 5.41) is 2.17. The van der Waals surface area contributed by atoms with Gasteiger partial charge in [0, 0.05) is 44.3 Å². The van der Waals surface area contributed by atoms with Crippen LogP contribution < -0.4 is 19.6 Å². The van der Waals surface area contributed by atoms with E-state index in [9.17, 15) is 9.59 Å². The number of allylic oxidation sites excluding steroid dienone is 1. The molecule has 0 saturated heterocycles. The van der Waals surface area contributed by atoms with Crippen LogP contribution in [0, 0.1) is 6.92 Å². The number of halogens is 2. The molecule has 5 aromatic rings. The summed E-state index contributed by atoms with van der Waals surface area (Å²) < 4.78 is 15.5. The van der Waals surface area contributed by atoms with E-state index in [4.69, 9.17) is 37.7 Å². The molecule has 10 heteroatoms. The van der Waals surface area contributed by atoms with Gasteiger partial charge in [-0.3, -0.25) is 9.36 Å². The third kappa shape index (κ3) is 5.70. The van der Waals surface area contributed by atoms with Crippen LogP contribution in [-0.4, -0.2) is 28.8 Å². The molecule has 3 aromatic carbocycles. The van der Waals surface area contributed by atoms with Crippen molar-refractivity contribution in [3.8, 4) is 5.75 Å². The second kappa shape index (κ2) is 13.3. The minimum atomic E-state index is -0.838. The van der Waals surface area contributed by atoms with Crippen molar-refractivity contribution in [1.82, 2.24) is 9.13 Å². The van der Waals surface area contributed by atoms with Crippen LogP contribution in [0.5, 0.6) is 5.75 Å². The first kappa shape index (κ1) is 31.9. The van der Waals surface area contributed by atoms with E-state index in [0.29, 0.717) is 54.9 Å². The van der Waals surface area contributed by atoms with Crippen molar-refractivity contribution in [3.05, 3.63) is 130 Å². The number of hydrogen-bond donors (Lipinski definition) is 0. The van der Waals surface area contributed by atoms with E-state index in [1.54, 1.807) is 36.8 Å². The lowest BCUT2D eigenvalue weighted by molar-refractivity contribution is -0.139. The predicted octanol–water partition coefficient (Wildman–Crippen LogP) is 7.21. The van der Waals surface area contributed by atoms with Crippen LogP contribution in [0.15, 0.2) is 87.8 Å². The van der Waals surface area contributed by atoms with Crippen molar-refractivity contribution in [1.29, 1.82) is 0 Å². The van der Waals surface area contributed by atoms with E-state index >= 15 is 0 Å². The fourth-order valence-corrected chi connectivity index (χ4v) is 7.48. The topological polar surface area (TPSA) is 74.8 Å². The number of carbonyl (C=O) groups excluding carboxylic acids is 1. The highest BCUT2D eigenvalue weighted by Gasteiger charge is 2.36. The van der Waals surface area contributed by atoms with E-state index in [1.165, 1.54) is 11.3 Å². The number of fused-ring (bicyclic) bond motifs is 2. The lowest BCUT2D eigenvalue weighted by atomic mass is 9.93. The van der Waals surface area contributed by atoms with Crippen LogP contribution in [0.1, 0.15) is 55.1 Å². The minimum Gasteiger partial charge on any atom is -0.496 e. The Kier molecular flexibility index (Phi) is 9.22. The third-order valence-electron chi connectivity index (χ3n) is 8.22. The molecule has 0 radical (unpaired) electrons. The van der Waals surface area contributed by atoms with Crippen LogP contribution in [0.2, 0.25) is 10.0 Å². The van der Waals surface area contributed by atoms with E-state index in [1.807, 2.05) is 49.4 Å². The molecule has 7 nitrogen and oxygen atoms in total. The third-order valence-corrected chi connectivity index (χ3v) is 9.81. The zero-order chi connectivity index (χ0) is 32.5. The zero-order valence-electron chi connectivity index (χ0n) is 26.0. The molecule has 1 atom stereocenters. The maximum Gasteiger partial charge on any atom is 0.338 e. The number of methoxy groups -OCH3 is 1. The quantitative estimate of drug-likeness (QED) is 0.155. The number of nitrogens with zero attached hydrogens (tertiary/aromatic N) is 3. The molecule has 0 unspecified atom stereocenters. The molecule has 0 aliphatic carbocycles. The molecule has 3 heterocycles. The first-order chi connectivity index (χ1) is 22.3. The lowest BCUT2D eigenvalue weighted by Gasteiger charge is -2.27. The van der Waals surface area contributed by atoms with E-state index in [2.05, 4.69) is 23.6 Å². The fraction of sp³-hybridized carbons (Fsp3) is 0.250. The SMILES string of the molecule is CCCC1=C(C(=O)OCC)[C@H](c2cc(Cl)ccc2OC)n2c(s/c(=C/c3c(C)n(Cc4ccccc4Cl)c4ccccc34)c2=O)=N1. The van der Waals surface area contributed by atoms with Gasteiger partial charge in [-0.1, -0.05) is 84.3 Å². The number of carbonyl (C=O) groups is 1. The van der Waals surface area contributed by atoms with Gasteiger partial charge >= 0.3 is 5.97 Å². The van der Waals surface area contributed by atoms with Gasteiger partial charge in [0.05, 0.1) is 29.5 Å². The van der Waals surface area contributed by atoms with E-state index in [-0.39, 0.29) is 12.2 Å². The van der Waals surface area contributed by atoms with Gasteiger partial charge in [-0.15, -0.1) is 0 Å². The van der Waals surface area contributed by atoms with Crippen molar-refractivity contribution < 1.29 is 14.3 Å². The van der Waals surface area contributed by atoms with Gasteiger partial charge in [0.25, 0.3) is 5.56 Å². The van der Waals surface area contributed by atoms with Crippen LogP contribution >= 0.6 is 34.5 Å². The average molecular weight is 675 g/mol. The van der Waals surface area contributed by atoms with Gasteiger partial charge in [0.1, 0.15) is 11.8 Å². The number of aromatic nitrogens is 2. The molecule has 0 bridgehead atoms. The highest BCUT2D eigenvalue weighted by molar-refractivity contribution is 7.07. The summed E-state index contributed by atoms with van der Waals surface area (Å²) in [4.78, 5) is 33.5. The molecule has 0 saturated carbocycles. The summed E-state index contributed by atoms with van der Waals surface area (Å²) in [6.45, 7) is 6.60. The number of ether oxygens (including phenoxy) is 2. The standard InChI is InChI=1S/C36H33Cl2N3O4S/c1-5-11-28-32(35(43)45-6-2)33(26-18-23(37)16-17-30(26)44-4)41-34(42)31(46-36(41)39-28)19-25-21(3)40(29-15-10-8-13-24(25)29)20-22-12-7-9-14-27(22)38/h7-10,12-19,33H,5-6,11,20H2,1-4H3/b31-19+/t33-/m0/s1. The Morgan fingerprint density at radius 1 is 1.07 bits per heavy atom. The predicted molar refractivity (Wildman–Crippen MR) is 185 cm³/mol. The Morgan fingerprint density at radius 3 is 2.57 bits per heavy atom. The number of hydrogen-bond acceptors (Lipinski definition) is 6. The summed E-state index contributed by atoms with van der Waals surface area (Å²) in [5.41, 5.74) is 5.20. The van der Waals surface area contributed by atoms with Crippen LogP contribution in [-0.2, 0) is 16.1 Å². The second-order valence-electron chi connectivity index (χ2n) is 11.0. The largest absolute Gasteiger partial charge is 0.496 e. The molecule has 1 aliphatic rings. The molecule has 236 valence electrons. The Morgan fingerprint density at radius 2 is 1.83 bits per heavy atom. The zero-order valence-corrected chi connectivity index (χ0v) is 28.3. The van der Waals surface area contributed by atoms with Gasteiger partial charge in [0.2, 0.25) is 0 Å². The molecular formula is C36H33Cl2N3O4S. The maximum atomic E-state index is 14.5. The molecule has 0 N–H and O–H groups in total. The van der Waals surface area contributed by atoms with Gasteiger partial charge in [-0.25, -0.2) is 9.79 Å². The van der Waals surface area contributed by atoms with Gasteiger partial charge in [-0.2, -0.15) is 0 Å². The Hall–Kier alpha value is -4.11. The lowest BCUT2D eigenvalue weighted by Crippen LogP contribution is -2.40. The van der Waals surface area contributed by atoms with E-state index in [0.717, 1.165) is 34.1 Å². The van der Waals surface area contributed by atoms with Crippen molar-refractivity contribution in [2.75, 3.05) is 13.7 Å². The number of para-hydroxylation sites is 1. The smallest absolute Gasteiger partial charge is 0.338 e. The molecule has 6 rings (SSSR count). The normalized spacial score (nSPS) is 14.8. The second-order valence-corrected chi connectivity index (χ2v) is 12.8. The molecule has 2 aromatic heterocycles. The molecule has 1 aliphatic heterocycles. The minimum absolute atomic E-state index is 0.184. The number of rotatable bonds is 9. The van der Waals surface area contributed by atoms with Crippen LogP contribution in [0.4, 0.5) is 0 Å². The number of esters is 1. The molecular weight excluding hydrogens is 641 g/mol. The Balaban J connectivity index is 1.61. The fourth-order valence-electron chi connectivity index (χ4n) is 6.11. The van der Waals surface area contributed by atoms with E-state index < -0.39 is 12.0 Å². The monoisotopic (exact) mass is 673 g/mol. The first-order valence-corrected chi connectivity index (χ1v) is 16.7. The highest BCUT2D eigenvalue weighted by Crippen LogP contribution is 2.38. The highest BCUT2D eigenvalue weighted by atomic mass is 35.5. The summed E-state index contributed by atoms with van der Waals surface area (Å²) in [6.07, 6.45) is 3.22. The number of benzene rings is 3. The van der Waals surface area contributed by atoms with Crippen LogP contribution in [0.25, 0.3) is 17.0 Å². The average Bonchev–Trinajstić information content (AvgIpc) is 3.50. The summed E-state index contributed by atoms with van der Waals surface area (Å²) >= 11 is 14.3. The summed E-state index contributed by atoms with van der Waals surface area (Å²) in [5.74, 6) is -0.0171. The Labute approximate surface area is 280 Å². The van der Waals surface area contributed by atoms with Crippen molar-refractivity contribution in [2.45, 2.75) is 46.2 Å². The van der Waals surface area contributed by atoms with Crippen molar-refractivity contribution >= 4 is 57.5 Å². The van der Waals surface area contributed by atoms with Gasteiger partial charge < -0.3 is 14.0 Å². The summed E-state index contributed by atoms with van der Waals surface area (Å²) in [7, 11) is 1.55. The Bertz CT molecular complexity index is 2190.